The van der Waals surface area contributed by atoms with Crippen molar-refractivity contribution in [1.29, 1.82) is 0 Å². The lowest BCUT2D eigenvalue weighted by Gasteiger charge is -2.14. The number of rotatable bonds is 6. The fraction of sp³-hybridized carbons (Fsp3) is 0.312. The number of hydrogen-bond donors (Lipinski definition) is 1. The third-order valence-electron chi connectivity index (χ3n) is 3.46. The first-order valence-corrected chi connectivity index (χ1v) is 7.22. The Kier molecular flexibility index (Phi) is 4.27. The molecule has 120 valence electrons. The van der Waals surface area contributed by atoms with Crippen LogP contribution in [0.5, 0.6) is 23.1 Å². The van der Waals surface area contributed by atoms with Gasteiger partial charge in [0.15, 0.2) is 11.5 Å². The van der Waals surface area contributed by atoms with Crippen molar-refractivity contribution in [1.82, 2.24) is 9.97 Å². The maximum absolute atomic E-state index is 11.9. The molecule has 0 radical (unpaired) electrons. The molecule has 1 saturated carbocycles. The van der Waals surface area contributed by atoms with Gasteiger partial charge in [0.25, 0.3) is 0 Å². The predicted octanol–water partition coefficient (Wildman–Crippen LogP) is 2.63. The van der Waals surface area contributed by atoms with E-state index in [9.17, 15) is 4.79 Å². The molecule has 1 aliphatic carbocycles. The van der Waals surface area contributed by atoms with Crippen molar-refractivity contribution in [3.8, 4) is 23.1 Å². The van der Waals surface area contributed by atoms with Crippen LogP contribution in [0.4, 0.5) is 5.69 Å². The highest BCUT2D eigenvalue weighted by molar-refractivity contribution is 5.94. The van der Waals surface area contributed by atoms with Gasteiger partial charge < -0.3 is 19.5 Å². The number of methoxy groups -OCH3 is 2. The topological polar surface area (TPSA) is 82.6 Å². The summed E-state index contributed by atoms with van der Waals surface area (Å²) in [6.45, 7) is 0. The Morgan fingerprint density at radius 1 is 1.22 bits per heavy atom. The summed E-state index contributed by atoms with van der Waals surface area (Å²) in [5, 5.41) is 2.80. The van der Waals surface area contributed by atoms with E-state index in [1.54, 1.807) is 25.3 Å². The minimum atomic E-state index is -0.0396. The average molecular weight is 315 g/mol. The van der Waals surface area contributed by atoms with E-state index in [0.29, 0.717) is 22.9 Å². The highest BCUT2D eigenvalue weighted by atomic mass is 16.5. The number of para-hydroxylation sites is 1. The summed E-state index contributed by atoms with van der Waals surface area (Å²) in [7, 11) is 3.08. The Morgan fingerprint density at radius 3 is 2.70 bits per heavy atom. The van der Waals surface area contributed by atoms with Gasteiger partial charge in [-0.2, -0.15) is 4.98 Å². The number of aromatic nitrogens is 2. The average Bonchev–Trinajstić information content (AvgIpc) is 3.41. The molecule has 0 atom stereocenters. The van der Waals surface area contributed by atoms with Gasteiger partial charge in [0.1, 0.15) is 12.0 Å². The number of amides is 1. The second-order valence-corrected chi connectivity index (χ2v) is 5.10. The molecule has 0 aliphatic heterocycles. The molecule has 1 aromatic heterocycles. The van der Waals surface area contributed by atoms with E-state index in [1.165, 1.54) is 19.6 Å². The lowest BCUT2D eigenvalue weighted by molar-refractivity contribution is -0.117. The zero-order valence-electron chi connectivity index (χ0n) is 12.9. The number of anilines is 1. The van der Waals surface area contributed by atoms with Crippen LogP contribution in [0.3, 0.4) is 0 Å². The molecule has 1 aromatic carbocycles. The predicted molar refractivity (Wildman–Crippen MR) is 83.0 cm³/mol. The van der Waals surface area contributed by atoms with Crippen LogP contribution >= 0.6 is 0 Å². The summed E-state index contributed by atoms with van der Waals surface area (Å²) in [4.78, 5) is 20.0. The van der Waals surface area contributed by atoms with Crippen LogP contribution in [0.25, 0.3) is 0 Å². The first-order chi connectivity index (χ1) is 11.2. The summed E-state index contributed by atoms with van der Waals surface area (Å²) in [5.41, 5.74) is 0.425. The van der Waals surface area contributed by atoms with Gasteiger partial charge in [0.05, 0.1) is 20.4 Å². The second-order valence-electron chi connectivity index (χ2n) is 5.10. The third-order valence-corrected chi connectivity index (χ3v) is 3.46. The summed E-state index contributed by atoms with van der Waals surface area (Å²) in [6.07, 6.45) is 4.70. The zero-order chi connectivity index (χ0) is 16.2. The maximum atomic E-state index is 11.9. The molecule has 7 heteroatoms. The van der Waals surface area contributed by atoms with Crippen molar-refractivity contribution >= 4 is 11.6 Å². The van der Waals surface area contributed by atoms with Crippen LogP contribution in [0.1, 0.15) is 12.8 Å². The first kappa shape index (κ1) is 15.1. The van der Waals surface area contributed by atoms with Crippen LogP contribution in [0.15, 0.2) is 30.7 Å². The lowest BCUT2D eigenvalue weighted by Crippen LogP contribution is -2.14. The molecule has 1 aliphatic rings. The van der Waals surface area contributed by atoms with Crippen LogP contribution in [-0.2, 0) is 4.79 Å². The smallest absolute Gasteiger partial charge is 0.246 e. The molecule has 0 spiro atoms. The highest BCUT2D eigenvalue weighted by Gasteiger charge is 2.30. The molecule has 0 saturated heterocycles. The lowest BCUT2D eigenvalue weighted by atomic mass is 10.3. The fourth-order valence-corrected chi connectivity index (χ4v) is 2.11. The number of carbonyl (C=O) groups is 1. The molecule has 1 fully saturated rings. The van der Waals surface area contributed by atoms with Crippen molar-refractivity contribution in [2.24, 2.45) is 5.92 Å². The number of ether oxygens (including phenoxy) is 3. The molecule has 1 heterocycles. The van der Waals surface area contributed by atoms with E-state index < -0.39 is 0 Å². The maximum Gasteiger partial charge on any atom is 0.246 e. The number of carbonyl (C=O) groups excluding carboxylic acids is 1. The van der Waals surface area contributed by atoms with E-state index in [4.69, 9.17) is 14.2 Å². The van der Waals surface area contributed by atoms with Crippen molar-refractivity contribution in [2.45, 2.75) is 12.8 Å². The van der Waals surface area contributed by atoms with E-state index in [-0.39, 0.29) is 17.7 Å². The van der Waals surface area contributed by atoms with Gasteiger partial charge in [-0.25, -0.2) is 4.98 Å². The summed E-state index contributed by atoms with van der Waals surface area (Å²) in [6, 6.07) is 5.28. The molecule has 0 bridgehead atoms. The van der Waals surface area contributed by atoms with E-state index >= 15 is 0 Å². The number of nitrogens with one attached hydrogen (secondary N) is 1. The highest BCUT2D eigenvalue weighted by Crippen LogP contribution is 2.40. The van der Waals surface area contributed by atoms with Crippen molar-refractivity contribution < 1.29 is 19.0 Å². The van der Waals surface area contributed by atoms with Crippen LogP contribution in [0, 0.1) is 5.92 Å². The SMILES string of the molecule is COc1cccc(Oc2ncncc2NC(=O)C2CC2)c1OC. The summed E-state index contributed by atoms with van der Waals surface area (Å²) in [5.74, 6) is 1.72. The van der Waals surface area contributed by atoms with Gasteiger partial charge in [0.2, 0.25) is 17.5 Å². The first-order valence-electron chi connectivity index (χ1n) is 7.22. The van der Waals surface area contributed by atoms with Crippen molar-refractivity contribution in [3.63, 3.8) is 0 Å². The molecular weight excluding hydrogens is 298 g/mol. The van der Waals surface area contributed by atoms with Crippen LogP contribution < -0.4 is 19.5 Å². The third kappa shape index (κ3) is 3.33. The largest absolute Gasteiger partial charge is 0.493 e. The van der Waals surface area contributed by atoms with Gasteiger partial charge in [0, 0.05) is 5.92 Å². The minimum absolute atomic E-state index is 0.0396. The van der Waals surface area contributed by atoms with Gasteiger partial charge in [-0.05, 0) is 25.0 Å². The molecule has 1 amide bonds. The van der Waals surface area contributed by atoms with Gasteiger partial charge in [-0.15, -0.1) is 0 Å². The standard InChI is InChI=1S/C16H17N3O4/c1-21-12-4-3-5-13(14(12)22-2)23-16-11(8-17-9-18-16)19-15(20)10-6-7-10/h3-5,8-10H,6-7H2,1-2H3,(H,19,20). The fourth-order valence-electron chi connectivity index (χ4n) is 2.11. The van der Waals surface area contributed by atoms with Crippen LogP contribution in [-0.4, -0.2) is 30.1 Å². The number of nitrogens with zero attached hydrogens (tertiary/aromatic N) is 2. The van der Waals surface area contributed by atoms with Gasteiger partial charge >= 0.3 is 0 Å². The monoisotopic (exact) mass is 315 g/mol. The summed E-state index contributed by atoms with van der Waals surface area (Å²) < 4.78 is 16.4. The van der Waals surface area contributed by atoms with Gasteiger partial charge in [-0.1, -0.05) is 6.07 Å². The molecule has 2 aromatic rings. The number of hydrogen-bond acceptors (Lipinski definition) is 6. The molecule has 1 N–H and O–H groups in total. The van der Waals surface area contributed by atoms with E-state index in [0.717, 1.165) is 12.8 Å². The minimum Gasteiger partial charge on any atom is -0.493 e. The molecule has 23 heavy (non-hydrogen) atoms. The Balaban J connectivity index is 1.87. The Bertz CT molecular complexity index is 716. The normalized spacial score (nSPS) is 13.3. The Labute approximate surface area is 133 Å². The van der Waals surface area contributed by atoms with Crippen LogP contribution in [0.2, 0.25) is 0 Å². The molecule has 3 rings (SSSR count). The number of benzene rings is 1. The molecular formula is C16H17N3O4. The Hall–Kier alpha value is -2.83. The summed E-state index contributed by atoms with van der Waals surface area (Å²) >= 11 is 0. The van der Waals surface area contributed by atoms with Gasteiger partial charge in [-0.3, -0.25) is 4.79 Å². The van der Waals surface area contributed by atoms with Crippen molar-refractivity contribution in [3.05, 3.63) is 30.7 Å². The zero-order valence-corrected chi connectivity index (χ0v) is 12.9. The quantitative estimate of drug-likeness (QED) is 0.882. The van der Waals surface area contributed by atoms with E-state index in [2.05, 4.69) is 15.3 Å². The van der Waals surface area contributed by atoms with Crippen molar-refractivity contribution in [2.75, 3.05) is 19.5 Å². The molecule has 0 unspecified atom stereocenters. The molecule has 7 nitrogen and oxygen atoms in total. The second kappa shape index (κ2) is 6.51. The van der Waals surface area contributed by atoms with E-state index in [1.807, 2.05) is 0 Å². The Morgan fingerprint density at radius 2 is 2.00 bits per heavy atom.